The van der Waals surface area contributed by atoms with E-state index < -0.39 is 0 Å². The van der Waals surface area contributed by atoms with Crippen LogP contribution in [0.1, 0.15) is 24.8 Å². The van der Waals surface area contributed by atoms with Crippen LogP contribution in [0.5, 0.6) is 0 Å². The molecule has 15 heavy (non-hydrogen) atoms. The maximum absolute atomic E-state index is 13.4. The fraction of sp³-hybridized carbons (Fsp3) is 0.417. The molecular formula is C12H12ClFO. The van der Waals surface area contributed by atoms with Crippen molar-refractivity contribution in [3.8, 4) is 0 Å². The molecule has 1 fully saturated rings. The van der Waals surface area contributed by atoms with Crippen LogP contribution >= 0.6 is 11.6 Å². The summed E-state index contributed by atoms with van der Waals surface area (Å²) >= 11 is 5.90. The third kappa shape index (κ3) is 2.20. The molecular weight excluding hydrogens is 215 g/mol. The van der Waals surface area contributed by atoms with Gasteiger partial charge in [-0.05, 0) is 31.4 Å². The predicted molar refractivity (Wildman–Crippen MR) is 57.5 cm³/mol. The van der Waals surface area contributed by atoms with Crippen molar-refractivity contribution in [1.29, 1.82) is 0 Å². The largest absolute Gasteiger partial charge is 0.299 e. The fourth-order valence-corrected chi connectivity index (χ4v) is 2.32. The lowest BCUT2D eigenvalue weighted by molar-refractivity contribution is -0.120. The molecule has 1 aromatic rings. The summed E-state index contributed by atoms with van der Waals surface area (Å²) in [5.74, 6) is -0.0871. The Morgan fingerprint density at radius 1 is 1.47 bits per heavy atom. The van der Waals surface area contributed by atoms with Gasteiger partial charge in [0.05, 0.1) is 0 Å². The van der Waals surface area contributed by atoms with Crippen LogP contribution in [-0.2, 0) is 11.2 Å². The molecule has 0 radical (unpaired) electrons. The number of hydrogen-bond donors (Lipinski definition) is 0. The Morgan fingerprint density at radius 2 is 2.27 bits per heavy atom. The number of carbonyl (C=O) groups is 1. The third-order valence-corrected chi connectivity index (χ3v) is 3.30. The van der Waals surface area contributed by atoms with Gasteiger partial charge in [0, 0.05) is 22.9 Å². The maximum Gasteiger partial charge on any atom is 0.136 e. The van der Waals surface area contributed by atoms with Gasteiger partial charge in [-0.1, -0.05) is 17.7 Å². The monoisotopic (exact) mass is 226 g/mol. The van der Waals surface area contributed by atoms with Crippen molar-refractivity contribution in [2.75, 3.05) is 0 Å². The van der Waals surface area contributed by atoms with Crippen LogP contribution in [0.4, 0.5) is 4.39 Å². The molecule has 2 rings (SSSR count). The van der Waals surface area contributed by atoms with E-state index in [9.17, 15) is 9.18 Å². The third-order valence-electron chi connectivity index (χ3n) is 2.94. The molecule has 1 nitrogen and oxygen atoms in total. The topological polar surface area (TPSA) is 17.1 Å². The molecule has 0 aromatic heterocycles. The summed E-state index contributed by atoms with van der Waals surface area (Å²) in [5, 5.41) is 0.426. The van der Waals surface area contributed by atoms with E-state index in [0.29, 0.717) is 23.4 Å². The normalized spacial score (nSPS) is 20.9. The highest BCUT2D eigenvalue weighted by Crippen LogP contribution is 2.29. The predicted octanol–water partition coefficient (Wildman–Crippen LogP) is 3.39. The van der Waals surface area contributed by atoms with Crippen LogP contribution in [0.25, 0.3) is 0 Å². The minimum atomic E-state index is -0.304. The average molecular weight is 227 g/mol. The molecule has 0 spiro atoms. The first-order chi connectivity index (χ1) is 7.18. The molecule has 80 valence electrons. The molecule has 1 aromatic carbocycles. The van der Waals surface area contributed by atoms with Gasteiger partial charge < -0.3 is 0 Å². The van der Waals surface area contributed by atoms with Crippen molar-refractivity contribution in [3.05, 3.63) is 34.6 Å². The van der Waals surface area contributed by atoms with Crippen molar-refractivity contribution >= 4 is 17.4 Å². The number of hydrogen-bond acceptors (Lipinski definition) is 1. The van der Waals surface area contributed by atoms with Gasteiger partial charge in [0.2, 0.25) is 0 Å². The summed E-state index contributed by atoms with van der Waals surface area (Å²) < 4.78 is 13.4. The number of rotatable bonds is 2. The van der Waals surface area contributed by atoms with E-state index in [1.165, 1.54) is 6.07 Å². The molecule has 3 heteroatoms. The van der Waals surface area contributed by atoms with E-state index in [-0.39, 0.29) is 17.5 Å². The summed E-state index contributed by atoms with van der Waals surface area (Å²) in [6.07, 6.45) is 2.88. The molecule has 0 saturated heterocycles. The highest BCUT2D eigenvalue weighted by molar-refractivity contribution is 6.31. The van der Waals surface area contributed by atoms with Crippen LogP contribution in [0.2, 0.25) is 5.02 Å². The Labute approximate surface area is 93.2 Å². The summed E-state index contributed by atoms with van der Waals surface area (Å²) in [6, 6.07) is 4.64. The Bertz CT molecular complexity index is 369. The van der Waals surface area contributed by atoms with Crippen molar-refractivity contribution in [1.82, 2.24) is 0 Å². The van der Waals surface area contributed by atoms with Crippen molar-refractivity contribution in [3.63, 3.8) is 0 Å². The first-order valence-electron chi connectivity index (χ1n) is 5.14. The quantitative estimate of drug-likeness (QED) is 0.756. The first kappa shape index (κ1) is 10.6. The lowest BCUT2D eigenvalue weighted by atomic mass is 9.97. The number of Topliss-reactive ketones (excluding diaryl/α,β-unsaturated/α-hetero) is 1. The van der Waals surface area contributed by atoms with Crippen molar-refractivity contribution in [2.45, 2.75) is 25.7 Å². The van der Waals surface area contributed by atoms with Gasteiger partial charge in [-0.25, -0.2) is 4.39 Å². The van der Waals surface area contributed by atoms with E-state index in [4.69, 9.17) is 11.6 Å². The van der Waals surface area contributed by atoms with E-state index in [1.54, 1.807) is 12.1 Å². The Kier molecular flexibility index (Phi) is 3.06. The maximum atomic E-state index is 13.4. The molecule has 1 unspecified atom stereocenters. The van der Waals surface area contributed by atoms with Gasteiger partial charge in [-0.15, -0.1) is 0 Å². The SMILES string of the molecule is O=C1CCCC1Cc1c(F)cccc1Cl. The number of carbonyl (C=O) groups excluding carboxylic acids is 1. The van der Waals surface area contributed by atoms with Crippen LogP contribution < -0.4 is 0 Å². The smallest absolute Gasteiger partial charge is 0.136 e. The lowest BCUT2D eigenvalue weighted by Crippen LogP contribution is -2.10. The van der Waals surface area contributed by atoms with E-state index in [2.05, 4.69) is 0 Å². The van der Waals surface area contributed by atoms with Crippen molar-refractivity contribution < 1.29 is 9.18 Å². The highest BCUT2D eigenvalue weighted by atomic mass is 35.5. The minimum absolute atomic E-state index is 0.0283. The molecule has 1 aliphatic carbocycles. The van der Waals surface area contributed by atoms with Crippen molar-refractivity contribution in [2.24, 2.45) is 5.92 Å². The molecule has 0 aliphatic heterocycles. The van der Waals surface area contributed by atoms with E-state index >= 15 is 0 Å². The summed E-state index contributed by atoms with van der Waals surface area (Å²) in [4.78, 5) is 11.4. The zero-order valence-corrected chi connectivity index (χ0v) is 9.06. The van der Waals surface area contributed by atoms with Crippen LogP contribution in [0, 0.1) is 11.7 Å². The summed E-state index contributed by atoms with van der Waals surface area (Å²) in [5.41, 5.74) is 0.486. The van der Waals surface area contributed by atoms with Gasteiger partial charge >= 0.3 is 0 Å². The summed E-state index contributed by atoms with van der Waals surface area (Å²) in [6.45, 7) is 0. The summed E-state index contributed by atoms with van der Waals surface area (Å²) in [7, 11) is 0. The van der Waals surface area contributed by atoms with E-state index in [0.717, 1.165) is 12.8 Å². The molecule has 0 bridgehead atoms. The second-order valence-electron chi connectivity index (χ2n) is 3.96. The number of halogens is 2. The van der Waals surface area contributed by atoms with Crippen LogP contribution in [0.3, 0.4) is 0 Å². The van der Waals surface area contributed by atoms with Gasteiger partial charge in [0.1, 0.15) is 11.6 Å². The fourth-order valence-electron chi connectivity index (χ4n) is 2.08. The van der Waals surface area contributed by atoms with Gasteiger partial charge in [-0.2, -0.15) is 0 Å². The number of ketones is 1. The molecule has 0 amide bonds. The molecule has 1 saturated carbocycles. The second-order valence-corrected chi connectivity index (χ2v) is 4.37. The second kappa shape index (κ2) is 4.31. The average Bonchev–Trinajstić information content (AvgIpc) is 2.58. The zero-order valence-electron chi connectivity index (χ0n) is 8.30. The Balaban J connectivity index is 2.20. The van der Waals surface area contributed by atoms with Crippen LogP contribution in [-0.4, -0.2) is 5.78 Å². The van der Waals surface area contributed by atoms with Gasteiger partial charge in [-0.3, -0.25) is 4.79 Å². The standard InChI is InChI=1S/C12H12ClFO/c13-10-4-2-5-11(14)9(10)7-8-3-1-6-12(8)15/h2,4-5,8H,1,3,6-7H2. The molecule has 0 N–H and O–H groups in total. The lowest BCUT2D eigenvalue weighted by Gasteiger charge is -2.10. The van der Waals surface area contributed by atoms with Gasteiger partial charge in [0.15, 0.2) is 0 Å². The zero-order chi connectivity index (χ0) is 10.8. The van der Waals surface area contributed by atoms with Gasteiger partial charge in [0.25, 0.3) is 0 Å². The minimum Gasteiger partial charge on any atom is -0.299 e. The molecule has 1 atom stereocenters. The Morgan fingerprint density at radius 3 is 2.87 bits per heavy atom. The number of benzene rings is 1. The molecule has 0 heterocycles. The van der Waals surface area contributed by atoms with E-state index in [1.807, 2.05) is 0 Å². The first-order valence-corrected chi connectivity index (χ1v) is 5.52. The Hall–Kier alpha value is -0.890. The molecule has 1 aliphatic rings. The highest BCUT2D eigenvalue weighted by Gasteiger charge is 2.26. The van der Waals surface area contributed by atoms with Crippen LogP contribution in [0.15, 0.2) is 18.2 Å².